The van der Waals surface area contributed by atoms with Crippen LogP contribution in [0.2, 0.25) is 0 Å². The van der Waals surface area contributed by atoms with Gasteiger partial charge in [-0.05, 0) is 6.42 Å². The predicted octanol–water partition coefficient (Wildman–Crippen LogP) is 5.96. The minimum atomic E-state index is -1.83. The van der Waals surface area contributed by atoms with Gasteiger partial charge in [-0.25, -0.2) is 4.79 Å². The normalized spacial score (nSPS) is 10.0. The summed E-state index contributed by atoms with van der Waals surface area (Å²) in [5.74, 6) is -0.153. The summed E-state index contributed by atoms with van der Waals surface area (Å²) in [4.78, 5) is 19.1. The molecule has 0 atom stereocenters. The van der Waals surface area contributed by atoms with Crippen LogP contribution in [0, 0.1) is 0 Å². The highest BCUT2D eigenvalue weighted by molar-refractivity contribution is 5.73. The Morgan fingerprint density at radius 3 is 1.12 bits per heavy atom. The summed E-state index contributed by atoms with van der Waals surface area (Å²) in [6, 6.07) is 0. The second-order valence-electron chi connectivity index (χ2n) is 6.45. The van der Waals surface area contributed by atoms with E-state index in [0.29, 0.717) is 6.42 Å². The summed E-state index contributed by atoms with van der Waals surface area (Å²) in [6.07, 6.45) is 19.0. The minimum absolute atomic E-state index is 0.153. The van der Waals surface area contributed by atoms with Crippen molar-refractivity contribution >= 4 is 12.1 Å². The first-order valence-electron chi connectivity index (χ1n) is 9.70. The molecule has 0 rings (SSSR count). The molecule has 0 aromatic heterocycles. The van der Waals surface area contributed by atoms with Gasteiger partial charge in [0.25, 0.3) is 0 Å². The van der Waals surface area contributed by atoms with Gasteiger partial charge >= 0.3 is 6.16 Å². The third kappa shape index (κ3) is 32.6. The third-order valence-electron chi connectivity index (χ3n) is 4.03. The lowest BCUT2D eigenvalue weighted by Gasteiger charge is -2.03. The van der Waals surface area contributed by atoms with Crippen LogP contribution in [0.1, 0.15) is 110 Å². The van der Waals surface area contributed by atoms with E-state index < -0.39 is 6.16 Å². The molecule has 24 heavy (non-hydrogen) atoms. The Morgan fingerprint density at radius 1 is 0.625 bits per heavy atom. The summed E-state index contributed by atoms with van der Waals surface area (Å²) >= 11 is 0. The molecule has 0 saturated carbocycles. The minimum Gasteiger partial charge on any atom is -0.450 e. The molecule has 0 aromatic carbocycles. The predicted molar refractivity (Wildman–Crippen MR) is 99.4 cm³/mol. The van der Waals surface area contributed by atoms with Crippen LogP contribution in [-0.4, -0.2) is 22.3 Å². The van der Waals surface area contributed by atoms with Crippen molar-refractivity contribution in [1.29, 1.82) is 0 Å². The number of carboxylic acid groups (broad SMARTS) is 2. The van der Waals surface area contributed by atoms with E-state index in [1.807, 2.05) is 0 Å². The number of carbonyl (C=O) groups is 2. The summed E-state index contributed by atoms with van der Waals surface area (Å²) in [5.41, 5.74) is 5.11. The monoisotopic (exact) mass is 345 g/mol. The van der Waals surface area contributed by atoms with Crippen molar-refractivity contribution in [2.24, 2.45) is 5.73 Å². The van der Waals surface area contributed by atoms with Gasteiger partial charge in [-0.1, -0.05) is 96.8 Å². The number of hydrogen-bond donors (Lipinski definition) is 3. The number of amides is 1. The lowest BCUT2D eigenvalue weighted by molar-refractivity contribution is -0.118. The average molecular weight is 346 g/mol. The Kier molecular flexibility index (Phi) is 22.6. The van der Waals surface area contributed by atoms with Gasteiger partial charge in [0.2, 0.25) is 5.91 Å². The van der Waals surface area contributed by atoms with Crippen LogP contribution in [0.3, 0.4) is 0 Å². The second-order valence-corrected chi connectivity index (χ2v) is 6.45. The van der Waals surface area contributed by atoms with Crippen molar-refractivity contribution in [1.82, 2.24) is 0 Å². The van der Waals surface area contributed by atoms with Gasteiger partial charge in [0.05, 0.1) is 0 Å². The Balaban J connectivity index is 0. The van der Waals surface area contributed by atoms with E-state index >= 15 is 0 Å². The fraction of sp³-hybridized carbons (Fsp3) is 0.895. The molecule has 0 bridgehead atoms. The second kappa shape index (κ2) is 21.7. The molecule has 0 aromatic rings. The Labute approximate surface area is 148 Å². The lowest BCUT2D eigenvalue weighted by Crippen LogP contribution is -2.09. The van der Waals surface area contributed by atoms with Crippen molar-refractivity contribution in [3.8, 4) is 0 Å². The number of rotatable bonds is 16. The van der Waals surface area contributed by atoms with Crippen molar-refractivity contribution in [3.63, 3.8) is 0 Å². The molecule has 0 heterocycles. The van der Waals surface area contributed by atoms with E-state index in [0.717, 1.165) is 6.42 Å². The van der Waals surface area contributed by atoms with Crippen LogP contribution in [0.25, 0.3) is 0 Å². The van der Waals surface area contributed by atoms with Crippen LogP contribution in [-0.2, 0) is 4.79 Å². The van der Waals surface area contributed by atoms with E-state index in [9.17, 15) is 4.79 Å². The van der Waals surface area contributed by atoms with Gasteiger partial charge in [-0.2, -0.15) is 0 Å². The lowest BCUT2D eigenvalue weighted by atomic mass is 10.0. The van der Waals surface area contributed by atoms with Crippen LogP contribution in [0.5, 0.6) is 0 Å². The van der Waals surface area contributed by atoms with Gasteiger partial charge < -0.3 is 15.9 Å². The van der Waals surface area contributed by atoms with Crippen molar-refractivity contribution < 1.29 is 19.8 Å². The van der Waals surface area contributed by atoms with Crippen molar-refractivity contribution in [2.45, 2.75) is 110 Å². The summed E-state index contributed by atoms with van der Waals surface area (Å²) in [7, 11) is 0. The molecule has 0 aliphatic rings. The maximum absolute atomic E-state index is 10.6. The Morgan fingerprint density at radius 2 is 0.875 bits per heavy atom. The summed E-state index contributed by atoms with van der Waals surface area (Å²) in [6.45, 7) is 2.28. The smallest absolute Gasteiger partial charge is 0.450 e. The summed E-state index contributed by atoms with van der Waals surface area (Å²) < 4.78 is 0. The molecule has 0 spiro atoms. The van der Waals surface area contributed by atoms with Gasteiger partial charge in [0.15, 0.2) is 0 Å². The van der Waals surface area contributed by atoms with Gasteiger partial charge in [0, 0.05) is 6.42 Å². The molecule has 4 N–H and O–H groups in total. The Bertz CT molecular complexity index is 279. The average Bonchev–Trinajstić information content (AvgIpc) is 2.50. The standard InChI is InChI=1S/C18H37NO.CH2O3/c1-2-3-4-5-6-7-8-9-10-11-12-13-14-15-16-17-18(19)20;2-1(3)4/h2-17H2,1H3,(H2,19,20);(H2,2,3,4). The van der Waals surface area contributed by atoms with Crippen molar-refractivity contribution in [3.05, 3.63) is 0 Å². The molecule has 5 nitrogen and oxygen atoms in total. The zero-order valence-corrected chi connectivity index (χ0v) is 15.6. The number of nitrogens with two attached hydrogens (primary N) is 1. The highest BCUT2D eigenvalue weighted by atomic mass is 16.6. The van der Waals surface area contributed by atoms with Gasteiger partial charge in [-0.3, -0.25) is 4.79 Å². The molecule has 144 valence electrons. The third-order valence-corrected chi connectivity index (χ3v) is 4.03. The quantitative estimate of drug-likeness (QED) is 0.301. The van der Waals surface area contributed by atoms with E-state index in [1.54, 1.807) is 0 Å². The molecule has 1 amide bonds. The first-order valence-corrected chi connectivity index (χ1v) is 9.70. The van der Waals surface area contributed by atoms with E-state index in [4.69, 9.17) is 20.7 Å². The van der Waals surface area contributed by atoms with Crippen LogP contribution in [0.15, 0.2) is 0 Å². The van der Waals surface area contributed by atoms with Gasteiger partial charge in [0.1, 0.15) is 0 Å². The first kappa shape index (κ1) is 25.0. The number of hydrogen-bond acceptors (Lipinski definition) is 2. The maximum atomic E-state index is 10.6. The molecular weight excluding hydrogens is 306 g/mol. The largest absolute Gasteiger partial charge is 0.503 e. The zero-order chi connectivity index (χ0) is 18.5. The van der Waals surface area contributed by atoms with Gasteiger partial charge in [-0.15, -0.1) is 0 Å². The fourth-order valence-corrected chi connectivity index (χ4v) is 2.67. The molecule has 5 heteroatoms. The van der Waals surface area contributed by atoms with Crippen LogP contribution in [0.4, 0.5) is 4.79 Å². The maximum Gasteiger partial charge on any atom is 0.503 e. The van der Waals surface area contributed by atoms with E-state index in [2.05, 4.69) is 6.92 Å². The summed E-state index contributed by atoms with van der Waals surface area (Å²) in [5, 5.41) is 13.9. The van der Waals surface area contributed by atoms with Crippen LogP contribution >= 0.6 is 0 Å². The highest BCUT2D eigenvalue weighted by Crippen LogP contribution is 2.13. The number of unbranched alkanes of at least 4 members (excludes halogenated alkanes) is 14. The zero-order valence-electron chi connectivity index (χ0n) is 15.6. The van der Waals surface area contributed by atoms with Crippen molar-refractivity contribution in [2.75, 3.05) is 0 Å². The molecule has 0 aliphatic carbocycles. The molecular formula is C19H39NO4. The number of carbonyl (C=O) groups excluding carboxylic acids is 1. The first-order chi connectivity index (χ1) is 11.5. The molecule has 0 aliphatic heterocycles. The van der Waals surface area contributed by atoms with E-state index in [-0.39, 0.29) is 5.91 Å². The van der Waals surface area contributed by atoms with Crippen LogP contribution < -0.4 is 5.73 Å². The Hall–Kier alpha value is -1.26. The topological polar surface area (TPSA) is 101 Å². The van der Waals surface area contributed by atoms with E-state index in [1.165, 1.54) is 89.9 Å². The highest BCUT2D eigenvalue weighted by Gasteiger charge is 1.96. The molecule has 0 saturated heterocycles. The molecule has 0 radical (unpaired) electrons. The molecule has 0 unspecified atom stereocenters. The molecule has 0 fully saturated rings. The number of primary amides is 1. The SMILES string of the molecule is CCCCCCCCCCCCCCCCCC(N)=O.O=C(O)O. The fourth-order valence-electron chi connectivity index (χ4n) is 2.67.